The molecule has 2 heterocycles. The van der Waals surface area contributed by atoms with Crippen molar-refractivity contribution < 1.29 is 37.9 Å². The number of fused-ring (bicyclic) bond motifs is 3. The zero-order chi connectivity index (χ0) is 20.4. The third kappa shape index (κ3) is 3.08. The van der Waals surface area contributed by atoms with Crippen LogP contribution in [0.3, 0.4) is 0 Å². The highest BCUT2D eigenvalue weighted by Gasteiger charge is 2.46. The maximum absolute atomic E-state index is 12.9. The predicted molar refractivity (Wildman–Crippen MR) is 91.2 cm³/mol. The van der Waals surface area contributed by atoms with Crippen LogP contribution in [0.5, 0.6) is 0 Å². The lowest BCUT2D eigenvalue weighted by Gasteiger charge is -2.34. The molecule has 0 spiro atoms. The van der Waals surface area contributed by atoms with Crippen molar-refractivity contribution >= 4 is 40.6 Å². The number of ether oxygens (including phenoxy) is 2. The Labute approximate surface area is 158 Å². The Kier molecular flexibility index (Phi) is 5.12. The molecule has 1 aromatic carbocycles. The fraction of sp³-hybridized carbons (Fsp3) is 0.278. The highest BCUT2D eigenvalue weighted by molar-refractivity contribution is 6.38. The van der Waals surface area contributed by atoms with Crippen LogP contribution in [0, 0.1) is 0 Å². The maximum Gasteiger partial charge on any atom is 0.399 e. The minimum Gasteiger partial charge on any atom is -0.459 e. The number of hydrogen-bond acceptors (Lipinski definition) is 8. The second kappa shape index (κ2) is 7.51. The van der Waals surface area contributed by atoms with E-state index < -0.39 is 29.7 Å². The van der Waals surface area contributed by atoms with Crippen LogP contribution in [0.25, 0.3) is 11.0 Å². The number of hydrazine groups is 1. The zero-order valence-corrected chi connectivity index (χ0v) is 15.1. The van der Waals surface area contributed by atoms with Gasteiger partial charge in [-0.1, -0.05) is 18.2 Å². The molecule has 10 heteroatoms. The Bertz CT molecular complexity index is 993. The highest BCUT2D eigenvalue weighted by atomic mass is 16.5. The summed E-state index contributed by atoms with van der Waals surface area (Å²) in [6.45, 7) is 2.42. The number of benzene rings is 1. The second-order valence-corrected chi connectivity index (χ2v) is 5.63. The first kappa shape index (κ1) is 19.1. The average Bonchev–Trinajstić information content (AvgIpc) is 3.06. The van der Waals surface area contributed by atoms with Crippen molar-refractivity contribution in [2.45, 2.75) is 20.4 Å². The van der Waals surface area contributed by atoms with Gasteiger partial charge in [-0.3, -0.25) is 14.4 Å². The number of hydrogen-bond donors (Lipinski definition) is 0. The molecule has 2 aromatic rings. The molecule has 10 nitrogen and oxygen atoms in total. The summed E-state index contributed by atoms with van der Waals surface area (Å²) in [5.74, 6) is -6.58. The van der Waals surface area contributed by atoms with E-state index in [0.29, 0.717) is 21.5 Å². The average molecular weight is 388 g/mol. The van der Waals surface area contributed by atoms with Crippen LogP contribution in [-0.4, -0.2) is 52.9 Å². The number of furan rings is 1. The molecule has 1 aliphatic heterocycles. The van der Waals surface area contributed by atoms with Crippen LogP contribution in [-0.2, 0) is 35.2 Å². The summed E-state index contributed by atoms with van der Waals surface area (Å²) in [5.41, 5.74) is 0.668. The van der Waals surface area contributed by atoms with Crippen LogP contribution in [0.2, 0.25) is 0 Å². The number of carbonyl (C=O) groups is 5. The van der Waals surface area contributed by atoms with E-state index in [1.54, 1.807) is 24.3 Å². The third-order valence-electron chi connectivity index (χ3n) is 3.96. The Balaban J connectivity index is 2.09. The SMILES string of the molecule is CCOC(=O)C(=O)N1Cc2c(oc3ccccc23)C(=O)N1C(=O)C(=O)OCC. The molecular weight excluding hydrogens is 372 g/mol. The lowest BCUT2D eigenvalue weighted by Crippen LogP contribution is -2.58. The fourth-order valence-corrected chi connectivity index (χ4v) is 2.80. The van der Waals surface area contributed by atoms with Crippen molar-refractivity contribution in [2.75, 3.05) is 13.2 Å². The Morgan fingerprint density at radius 2 is 1.61 bits per heavy atom. The summed E-state index contributed by atoms with van der Waals surface area (Å²) in [6, 6.07) is 6.66. The van der Waals surface area contributed by atoms with Crippen molar-refractivity contribution in [1.82, 2.24) is 10.0 Å². The van der Waals surface area contributed by atoms with Crippen LogP contribution in [0.1, 0.15) is 30.0 Å². The first-order valence-electron chi connectivity index (χ1n) is 8.45. The van der Waals surface area contributed by atoms with Gasteiger partial charge >= 0.3 is 29.7 Å². The predicted octanol–water partition coefficient (Wildman–Crippen LogP) is 0.785. The molecule has 28 heavy (non-hydrogen) atoms. The molecule has 0 saturated carbocycles. The molecule has 0 atom stereocenters. The number of imide groups is 1. The van der Waals surface area contributed by atoms with Crippen molar-refractivity contribution in [3.8, 4) is 0 Å². The number of carbonyl (C=O) groups excluding carboxylic acids is 5. The van der Waals surface area contributed by atoms with Gasteiger partial charge in [0, 0.05) is 10.9 Å². The van der Waals surface area contributed by atoms with E-state index in [0.717, 1.165) is 0 Å². The molecule has 0 bridgehead atoms. The largest absolute Gasteiger partial charge is 0.459 e. The van der Waals surface area contributed by atoms with Gasteiger partial charge in [0.15, 0.2) is 5.76 Å². The second-order valence-electron chi connectivity index (χ2n) is 5.63. The number of amides is 3. The van der Waals surface area contributed by atoms with Crippen LogP contribution in [0.4, 0.5) is 0 Å². The summed E-state index contributed by atoms with van der Waals surface area (Å²) in [6.07, 6.45) is 0. The van der Waals surface area contributed by atoms with Gasteiger partial charge in [-0.05, 0) is 19.9 Å². The number of para-hydroxylation sites is 1. The van der Waals surface area contributed by atoms with Gasteiger partial charge in [0.2, 0.25) is 0 Å². The normalized spacial score (nSPS) is 13.3. The van der Waals surface area contributed by atoms with Crippen LogP contribution < -0.4 is 0 Å². The van der Waals surface area contributed by atoms with Gasteiger partial charge in [-0.2, -0.15) is 5.01 Å². The molecule has 3 amide bonds. The van der Waals surface area contributed by atoms with Crippen LogP contribution >= 0.6 is 0 Å². The smallest absolute Gasteiger partial charge is 0.399 e. The molecule has 0 N–H and O–H groups in total. The van der Waals surface area contributed by atoms with Gasteiger partial charge in [0.25, 0.3) is 0 Å². The van der Waals surface area contributed by atoms with Gasteiger partial charge in [0.1, 0.15) is 5.58 Å². The first-order chi connectivity index (χ1) is 13.4. The molecule has 0 unspecified atom stereocenters. The number of esters is 2. The van der Waals surface area contributed by atoms with Gasteiger partial charge in [-0.25, -0.2) is 14.6 Å². The van der Waals surface area contributed by atoms with E-state index in [-0.39, 0.29) is 30.5 Å². The molecule has 0 radical (unpaired) electrons. The van der Waals surface area contributed by atoms with Crippen molar-refractivity contribution in [3.05, 3.63) is 35.6 Å². The Morgan fingerprint density at radius 1 is 1.00 bits per heavy atom. The maximum atomic E-state index is 12.9. The van der Waals surface area contributed by atoms with Crippen molar-refractivity contribution in [2.24, 2.45) is 0 Å². The van der Waals surface area contributed by atoms with E-state index in [9.17, 15) is 24.0 Å². The molecule has 0 aliphatic carbocycles. The van der Waals surface area contributed by atoms with E-state index >= 15 is 0 Å². The van der Waals surface area contributed by atoms with Gasteiger partial charge < -0.3 is 13.9 Å². The zero-order valence-electron chi connectivity index (χ0n) is 15.1. The molecule has 1 aromatic heterocycles. The Hall–Kier alpha value is -3.69. The van der Waals surface area contributed by atoms with Crippen molar-refractivity contribution in [1.29, 1.82) is 0 Å². The summed E-state index contributed by atoms with van der Waals surface area (Å²) in [7, 11) is 0. The van der Waals surface area contributed by atoms with E-state index in [4.69, 9.17) is 4.42 Å². The monoisotopic (exact) mass is 388 g/mol. The summed E-state index contributed by atoms with van der Waals surface area (Å²) < 4.78 is 14.8. The highest BCUT2D eigenvalue weighted by Crippen LogP contribution is 2.32. The lowest BCUT2D eigenvalue weighted by atomic mass is 10.1. The topological polar surface area (TPSA) is 123 Å². The van der Waals surface area contributed by atoms with E-state index in [1.807, 2.05) is 0 Å². The molecule has 3 rings (SSSR count). The minimum atomic E-state index is -1.42. The fourth-order valence-electron chi connectivity index (χ4n) is 2.80. The first-order valence-corrected chi connectivity index (χ1v) is 8.45. The summed E-state index contributed by atoms with van der Waals surface area (Å²) >= 11 is 0. The number of nitrogens with zero attached hydrogens (tertiary/aromatic N) is 2. The molecule has 0 saturated heterocycles. The molecular formula is C18H16N2O8. The van der Waals surface area contributed by atoms with E-state index in [1.165, 1.54) is 13.8 Å². The summed E-state index contributed by atoms with van der Waals surface area (Å²) in [4.78, 5) is 61.7. The Morgan fingerprint density at radius 3 is 2.25 bits per heavy atom. The molecule has 1 aliphatic rings. The van der Waals surface area contributed by atoms with Gasteiger partial charge in [0.05, 0.1) is 19.8 Å². The molecule has 0 fully saturated rings. The minimum absolute atomic E-state index is 0.0852. The molecule has 146 valence electrons. The third-order valence-corrected chi connectivity index (χ3v) is 3.96. The summed E-state index contributed by atoms with van der Waals surface area (Å²) in [5, 5.41) is 1.35. The van der Waals surface area contributed by atoms with Crippen molar-refractivity contribution in [3.63, 3.8) is 0 Å². The quantitative estimate of drug-likeness (QED) is 0.546. The van der Waals surface area contributed by atoms with Crippen LogP contribution in [0.15, 0.2) is 28.7 Å². The standard InChI is InChI=1S/C18H16N2O8/c1-3-26-17(24)15(22)19-9-11-10-7-5-6-8-12(10)28-13(11)14(21)20(19)16(23)18(25)27-4-2/h5-8H,3-4,9H2,1-2H3. The number of rotatable bonds is 2. The van der Waals surface area contributed by atoms with Gasteiger partial charge in [-0.15, -0.1) is 0 Å². The lowest BCUT2D eigenvalue weighted by molar-refractivity contribution is -0.177. The van der Waals surface area contributed by atoms with E-state index in [2.05, 4.69) is 9.47 Å².